The van der Waals surface area contributed by atoms with Gasteiger partial charge in [0, 0.05) is 18.8 Å². The Morgan fingerprint density at radius 3 is 3.06 bits per heavy atom. The number of piperidine rings is 1. The van der Waals surface area contributed by atoms with E-state index < -0.39 is 0 Å². The zero-order valence-electron chi connectivity index (χ0n) is 10.9. The zero-order valence-corrected chi connectivity index (χ0v) is 10.9. The predicted molar refractivity (Wildman–Crippen MR) is 71.7 cm³/mol. The molecule has 1 aromatic rings. The lowest BCUT2D eigenvalue weighted by Crippen LogP contribution is -2.43. The smallest absolute Gasteiger partial charge is 0.195 e. The van der Waals surface area contributed by atoms with Crippen molar-refractivity contribution >= 4 is 5.78 Å². The maximum atomic E-state index is 12.0. The average Bonchev–Trinajstić information content (AvgIpc) is 2.40. The van der Waals surface area contributed by atoms with E-state index in [0.29, 0.717) is 18.3 Å². The number of pyridine rings is 1. The monoisotopic (exact) mass is 247 g/mol. The van der Waals surface area contributed by atoms with Gasteiger partial charge in [-0.1, -0.05) is 12.5 Å². The SMILES string of the molecule is CN(CC(=O)c1ccccn1)C[C@H]1CCCCN1. The molecular weight excluding hydrogens is 226 g/mol. The van der Waals surface area contributed by atoms with E-state index in [0.717, 1.165) is 13.1 Å². The number of carbonyl (C=O) groups is 1. The van der Waals surface area contributed by atoms with Crippen LogP contribution in [0.5, 0.6) is 0 Å². The summed E-state index contributed by atoms with van der Waals surface area (Å²) in [6, 6.07) is 5.98. The largest absolute Gasteiger partial charge is 0.313 e. The van der Waals surface area contributed by atoms with Crippen molar-refractivity contribution in [3.8, 4) is 0 Å². The highest BCUT2D eigenvalue weighted by Crippen LogP contribution is 2.08. The lowest BCUT2D eigenvalue weighted by Gasteiger charge is -2.27. The van der Waals surface area contributed by atoms with Gasteiger partial charge < -0.3 is 5.32 Å². The summed E-state index contributed by atoms with van der Waals surface area (Å²) in [4.78, 5) is 18.1. The van der Waals surface area contributed by atoms with E-state index in [1.165, 1.54) is 19.3 Å². The number of rotatable bonds is 5. The molecule has 0 spiro atoms. The van der Waals surface area contributed by atoms with Crippen LogP contribution in [0.4, 0.5) is 0 Å². The Balaban J connectivity index is 1.80. The van der Waals surface area contributed by atoms with Crippen molar-refractivity contribution in [3.63, 3.8) is 0 Å². The highest BCUT2D eigenvalue weighted by atomic mass is 16.1. The molecule has 18 heavy (non-hydrogen) atoms. The van der Waals surface area contributed by atoms with Crippen LogP contribution in [0.15, 0.2) is 24.4 Å². The topological polar surface area (TPSA) is 45.2 Å². The van der Waals surface area contributed by atoms with Crippen molar-refractivity contribution in [2.75, 3.05) is 26.7 Å². The first-order chi connectivity index (χ1) is 8.75. The van der Waals surface area contributed by atoms with Crippen molar-refractivity contribution in [1.29, 1.82) is 0 Å². The van der Waals surface area contributed by atoms with Gasteiger partial charge in [-0.05, 0) is 38.6 Å². The van der Waals surface area contributed by atoms with Gasteiger partial charge in [0.25, 0.3) is 0 Å². The van der Waals surface area contributed by atoms with Crippen molar-refractivity contribution in [2.24, 2.45) is 0 Å². The second kappa shape index (κ2) is 6.61. The summed E-state index contributed by atoms with van der Waals surface area (Å²) in [5, 5.41) is 3.49. The molecule has 0 aliphatic carbocycles. The van der Waals surface area contributed by atoms with Crippen LogP contribution >= 0.6 is 0 Å². The van der Waals surface area contributed by atoms with E-state index in [9.17, 15) is 4.79 Å². The van der Waals surface area contributed by atoms with E-state index in [2.05, 4.69) is 15.2 Å². The molecule has 2 rings (SSSR count). The number of hydrogen-bond donors (Lipinski definition) is 1. The lowest BCUT2D eigenvalue weighted by molar-refractivity contribution is 0.0934. The Morgan fingerprint density at radius 2 is 2.39 bits per heavy atom. The number of nitrogens with zero attached hydrogens (tertiary/aromatic N) is 2. The molecule has 1 saturated heterocycles. The number of aromatic nitrogens is 1. The molecule has 0 bridgehead atoms. The minimum atomic E-state index is 0.0916. The van der Waals surface area contributed by atoms with E-state index in [-0.39, 0.29) is 5.78 Å². The molecule has 0 radical (unpaired) electrons. The molecule has 0 amide bonds. The van der Waals surface area contributed by atoms with Gasteiger partial charge in [0.1, 0.15) is 5.69 Å². The van der Waals surface area contributed by atoms with Gasteiger partial charge in [0.15, 0.2) is 5.78 Å². The number of Topliss-reactive ketones (excluding diaryl/α,β-unsaturated/α-hetero) is 1. The van der Waals surface area contributed by atoms with E-state index in [1.54, 1.807) is 12.3 Å². The molecule has 1 aliphatic rings. The Kier molecular flexibility index (Phi) is 4.84. The van der Waals surface area contributed by atoms with Crippen LogP contribution < -0.4 is 5.32 Å². The van der Waals surface area contributed by atoms with E-state index in [4.69, 9.17) is 0 Å². The summed E-state index contributed by atoms with van der Waals surface area (Å²) in [7, 11) is 2.00. The molecule has 4 heteroatoms. The fourth-order valence-corrected chi connectivity index (χ4v) is 2.37. The fourth-order valence-electron chi connectivity index (χ4n) is 2.37. The molecule has 1 fully saturated rings. The van der Waals surface area contributed by atoms with Gasteiger partial charge in [-0.15, -0.1) is 0 Å². The number of likely N-dealkylation sites (N-methyl/N-ethyl adjacent to an activating group) is 1. The lowest BCUT2D eigenvalue weighted by atomic mass is 10.0. The van der Waals surface area contributed by atoms with Crippen LogP contribution in [-0.4, -0.2) is 48.4 Å². The normalized spacial score (nSPS) is 20.0. The van der Waals surface area contributed by atoms with Crippen molar-refractivity contribution in [1.82, 2.24) is 15.2 Å². The standard InChI is InChI=1S/C14H21N3O/c1-17(10-12-6-2-4-8-15-12)11-14(18)13-7-3-5-9-16-13/h3,5,7,9,12,15H,2,4,6,8,10-11H2,1H3/t12-/m1/s1. The van der Waals surface area contributed by atoms with Gasteiger partial charge in [0.2, 0.25) is 0 Å². The van der Waals surface area contributed by atoms with Crippen LogP contribution in [0.25, 0.3) is 0 Å². The summed E-state index contributed by atoms with van der Waals surface area (Å²) in [5.74, 6) is 0.0916. The summed E-state index contributed by atoms with van der Waals surface area (Å²) >= 11 is 0. The molecule has 1 atom stereocenters. The molecule has 0 saturated carbocycles. The molecule has 2 heterocycles. The number of carbonyl (C=O) groups excluding carboxylic acids is 1. The van der Waals surface area contributed by atoms with Crippen molar-refractivity contribution < 1.29 is 4.79 Å². The Hall–Kier alpha value is -1.26. The van der Waals surface area contributed by atoms with Gasteiger partial charge in [-0.25, -0.2) is 0 Å². The quantitative estimate of drug-likeness (QED) is 0.798. The molecule has 1 N–H and O–H groups in total. The highest BCUT2D eigenvalue weighted by Gasteiger charge is 2.16. The van der Waals surface area contributed by atoms with Crippen LogP contribution in [-0.2, 0) is 0 Å². The molecule has 1 aliphatic heterocycles. The second-order valence-corrected chi connectivity index (χ2v) is 4.98. The molecule has 0 aromatic carbocycles. The van der Waals surface area contributed by atoms with E-state index in [1.807, 2.05) is 19.2 Å². The Labute approximate surface area is 108 Å². The Morgan fingerprint density at radius 1 is 1.50 bits per heavy atom. The van der Waals surface area contributed by atoms with Gasteiger partial charge >= 0.3 is 0 Å². The first-order valence-electron chi connectivity index (χ1n) is 6.62. The number of hydrogen-bond acceptors (Lipinski definition) is 4. The first kappa shape index (κ1) is 13.2. The predicted octanol–water partition coefficient (Wildman–Crippen LogP) is 1.34. The highest BCUT2D eigenvalue weighted by molar-refractivity contribution is 5.95. The van der Waals surface area contributed by atoms with E-state index >= 15 is 0 Å². The number of ketones is 1. The summed E-state index contributed by atoms with van der Waals surface area (Å²) in [6.07, 6.45) is 5.44. The summed E-state index contributed by atoms with van der Waals surface area (Å²) < 4.78 is 0. The average molecular weight is 247 g/mol. The van der Waals surface area contributed by atoms with Crippen LogP contribution in [0.3, 0.4) is 0 Å². The zero-order chi connectivity index (χ0) is 12.8. The molecular formula is C14H21N3O. The third-order valence-corrected chi connectivity index (χ3v) is 3.31. The van der Waals surface area contributed by atoms with Crippen molar-refractivity contribution in [2.45, 2.75) is 25.3 Å². The molecule has 98 valence electrons. The minimum Gasteiger partial charge on any atom is -0.313 e. The maximum absolute atomic E-state index is 12.0. The van der Waals surface area contributed by atoms with Gasteiger partial charge in [0.05, 0.1) is 6.54 Å². The second-order valence-electron chi connectivity index (χ2n) is 4.98. The van der Waals surface area contributed by atoms with Crippen LogP contribution in [0, 0.1) is 0 Å². The number of nitrogens with one attached hydrogen (secondary N) is 1. The third-order valence-electron chi connectivity index (χ3n) is 3.31. The van der Waals surface area contributed by atoms with Gasteiger partial charge in [-0.3, -0.25) is 14.7 Å². The van der Waals surface area contributed by atoms with Crippen molar-refractivity contribution in [3.05, 3.63) is 30.1 Å². The summed E-state index contributed by atoms with van der Waals surface area (Å²) in [5.41, 5.74) is 0.556. The molecule has 0 unspecified atom stereocenters. The van der Waals surface area contributed by atoms with Crippen LogP contribution in [0.2, 0.25) is 0 Å². The van der Waals surface area contributed by atoms with Gasteiger partial charge in [-0.2, -0.15) is 0 Å². The molecule has 1 aromatic heterocycles. The Bertz CT molecular complexity index is 374. The third kappa shape index (κ3) is 3.89. The summed E-state index contributed by atoms with van der Waals surface area (Å²) in [6.45, 7) is 2.47. The first-order valence-corrected chi connectivity index (χ1v) is 6.62. The maximum Gasteiger partial charge on any atom is 0.195 e. The molecule has 4 nitrogen and oxygen atoms in total. The fraction of sp³-hybridized carbons (Fsp3) is 0.571. The minimum absolute atomic E-state index is 0.0916. The van der Waals surface area contributed by atoms with Crippen LogP contribution in [0.1, 0.15) is 29.8 Å².